The predicted octanol–water partition coefficient (Wildman–Crippen LogP) is 2.51. The normalized spacial score (nSPS) is 11.1. The molecule has 0 saturated carbocycles. The lowest BCUT2D eigenvalue weighted by atomic mass is 10.2. The minimum absolute atomic E-state index is 0.0976. The molecule has 1 aromatic carbocycles. The molecule has 0 aliphatic rings. The molecule has 0 bridgehead atoms. The average molecular weight is 408 g/mol. The highest BCUT2D eigenvalue weighted by atomic mass is 35.5. The van der Waals surface area contributed by atoms with Crippen molar-refractivity contribution >= 4 is 50.3 Å². The Morgan fingerprint density at radius 2 is 1.76 bits per heavy atom. The molecular weight excluding hydrogens is 401 g/mol. The zero-order chi connectivity index (χ0) is 18.8. The zero-order valence-electron chi connectivity index (χ0n) is 11.8. The highest BCUT2D eigenvalue weighted by Gasteiger charge is 2.22. The second-order valence-corrected chi connectivity index (χ2v) is 6.84. The lowest BCUT2D eigenvalue weighted by Gasteiger charge is -2.10. The number of halogens is 2. The Hall–Kier alpha value is -2.54. The maximum absolute atomic E-state index is 12.1. The number of nitro groups is 2. The molecule has 25 heavy (non-hydrogen) atoms. The summed E-state index contributed by atoms with van der Waals surface area (Å²) in [5.41, 5.74) is 0.618. The number of non-ortho nitro benzene ring substituents is 1. The van der Waals surface area contributed by atoms with Gasteiger partial charge in [-0.3, -0.25) is 20.2 Å². The van der Waals surface area contributed by atoms with Gasteiger partial charge in [-0.05, 0) is 12.1 Å². The first-order chi connectivity index (χ1) is 11.6. The van der Waals surface area contributed by atoms with Gasteiger partial charge in [-0.15, -0.1) is 4.83 Å². The van der Waals surface area contributed by atoms with Crippen molar-refractivity contribution in [3.05, 3.63) is 60.9 Å². The Bertz CT molecular complexity index is 967. The largest absolute Gasteiger partial charge is 0.302 e. The number of benzene rings is 1. The zero-order valence-corrected chi connectivity index (χ0v) is 14.2. The van der Waals surface area contributed by atoms with E-state index in [1.165, 1.54) is 0 Å². The van der Waals surface area contributed by atoms with Gasteiger partial charge in [0.2, 0.25) is 0 Å². The third kappa shape index (κ3) is 4.30. The number of nitrogens with one attached hydrogen (secondary N) is 2. The van der Waals surface area contributed by atoms with Crippen molar-refractivity contribution in [3.63, 3.8) is 0 Å². The lowest BCUT2D eigenvalue weighted by molar-refractivity contribution is -0.393. The fourth-order valence-electron chi connectivity index (χ4n) is 1.62. The summed E-state index contributed by atoms with van der Waals surface area (Å²) < 4.78 is 24.3. The third-order valence-corrected chi connectivity index (χ3v) is 4.69. The van der Waals surface area contributed by atoms with Crippen molar-refractivity contribution in [2.45, 2.75) is 4.90 Å². The van der Waals surface area contributed by atoms with Gasteiger partial charge in [0.1, 0.15) is 15.7 Å². The molecule has 1 aromatic heterocycles. The van der Waals surface area contributed by atoms with Gasteiger partial charge in [0.05, 0.1) is 20.9 Å². The van der Waals surface area contributed by atoms with E-state index in [1.807, 2.05) is 4.83 Å². The minimum atomic E-state index is -4.19. The SMILES string of the molecule is O=[N+]([O-])c1ccc(NNS(=O)(=O)c2cnc(Cl)c(Cl)c2)c([N+](=O)[O-])c1. The van der Waals surface area contributed by atoms with Crippen molar-refractivity contribution in [3.8, 4) is 0 Å². The first-order valence-corrected chi connectivity index (χ1v) is 8.37. The summed E-state index contributed by atoms with van der Waals surface area (Å²) in [6.07, 6.45) is 0.933. The van der Waals surface area contributed by atoms with Crippen LogP contribution in [0, 0.1) is 20.2 Å². The minimum Gasteiger partial charge on any atom is -0.302 e. The molecule has 0 aliphatic heterocycles. The van der Waals surface area contributed by atoms with Crippen LogP contribution in [0.15, 0.2) is 35.4 Å². The first-order valence-electron chi connectivity index (χ1n) is 6.13. The number of sulfonamides is 1. The monoisotopic (exact) mass is 407 g/mol. The van der Waals surface area contributed by atoms with Gasteiger partial charge in [0.15, 0.2) is 0 Å². The summed E-state index contributed by atoms with van der Waals surface area (Å²) >= 11 is 11.3. The van der Waals surface area contributed by atoms with Crippen molar-refractivity contribution in [1.82, 2.24) is 9.82 Å². The fourth-order valence-corrected chi connectivity index (χ4v) is 2.78. The standard InChI is InChI=1S/C11H7Cl2N5O6S/c12-8-4-7(5-14-11(8)13)25(23,24)16-15-9-2-1-6(17(19)20)3-10(9)18(21)22/h1-5,15-16H. The summed E-state index contributed by atoms with van der Waals surface area (Å²) in [6, 6.07) is 3.69. The Labute approximate surface area is 149 Å². The van der Waals surface area contributed by atoms with Crippen molar-refractivity contribution in [2.24, 2.45) is 0 Å². The molecule has 0 amide bonds. The molecule has 0 atom stereocenters. The van der Waals surface area contributed by atoms with Crippen LogP contribution in [0.25, 0.3) is 0 Å². The molecule has 11 nitrogen and oxygen atoms in total. The van der Waals surface area contributed by atoms with Crippen LogP contribution in [0.4, 0.5) is 17.1 Å². The molecule has 2 N–H and O–H groups in total. The number of hydrogen-bond donors (Lipinski definition) is 2. The van der Waals surface area contributed by atoms with Gasteiger partial charge < -0.3 is 5.43 Å². The predicted molar refractivity (Wildman–Crippen MR) is 88.0 cm³/mol. The summed E-state index contributed by atoms with van der Waals surface area (Å²) in [7, 11) is -4.19. The van der Waals surface area contributed by atoms with E-state index in [0.717, 1.165) is 24.4 Å². The molecule has 1 heterocycles. The van der Waals surface area contributed by atoms with E-state index in [0.29, 0.717) is 6.07 Å². The Morgan fingerprint density at radius 3 is 2.32 bits per heavy atom. The second kappa shape index (κ2) is 7.14. The van der Waals surface area contributed by atoms with Crippen LogP contribution in [0.5, 0.6) is 0 Å². The quantitative estimate of drug-likeness (QED) is 0.419. The van der Waals surface area contributed by atoms with E-state index < -0.39 is 31.2 Å². The number of hydrazine groups is 1. The van der Waals surface area contributed by atoms with Gasteiger partial charge in [-0.1, -0.05) is 23.2 Å². The van der Waals surface area contributed by atoms with Gasteiger partial charge in [-0.2, -0.15) is 0 Å². The van der Waals surface area contributed by atoms with Crippen LogP contribution < -0.4 is 10.3 Å². The fraction of sp³-hybridized carbons (Fsp3) is 0. The lowest BCUT2D eigenvalue weighted by Crippen LogP contribution is -2.30. The Kier molecular flexibility index (Phi) is 5.37. The number of aromatic nitrogens is 1. The second-order valence-electron chi connectivity index (χ2n) is 4.39. The van der Waals surface area contributed by atoms with Crippen molar-refractivity contribution in [1.29, 1.82) is 0 Å². The van der Waals surface area contributed by atoms with E-state index >= 15 is 0 Å². The van der Waals surface area contributed by atoms with E-state index in [-0.39, 0.29) is 20.8 Å². The summed E-state index contributed by atoms with van der Waals surface area (Å²) in [5.74, 6) is 0. The van der Waals surface area contributed by atoms with Crippen LogP contribution in [0.2, 0.25) is 10.2 Å². The maximum atomic E-state index is 12.1. The van der Waals surface area contributed by atoms with E-state index in [9.17, 15) is 28.6 Å². The van der Waals surface area contributed by atoms with Crippen molar-refractivity contribution < 1.29 is 18.3 Å². The molecule has 132 valence electrons. The van der Waals surface area contributed by atoms with Crippen LogP contribution in [0.3, 0.4) is 0 Å². The molecule has 14 heteroatoms. The summed E-state index contributed by atoms with van der Waals surface area (Å²) in [5, 5.41) is 21.5. The number of pyridine rings is 1. The highest BCUT2D eigenvalue weighted by Crippen LogP contribution is 2.29. The molecular formula is C11H7Cl2N5O6S. The number of anilines is 1. The first kappa shape index (κ1) is 18.8. The van der Waals surface area contributed by atoms with Crippen LogP contribution >= 0.6 is 23.2 Å². The number of hydrogen-bond acceptors (Lipinski definition) is 8. The molecule has 0 spiro atoms. The molecule has 2 rings (SSSR count). The third-order valence-electron chi connectivity index (χ3n) is 2.79. The van der Waals surface area contributed by atoms with Gasteiger partial charge >= 0.3 is 5.69 Å². The maximum Gasteiger partial charge on any atom is 0.300 e. The molecule has 0 unspecified atom stereocenters. The van der Waals surface area contributed by atoms with Crippen LogP contribution in [0.1, 0.15) is 0 Å². The highest BCUT2D eigenvalue weighted by molar-refractivity contribution is 7.89. The van der Waals surface area contributed by atoms with Gasteiger partial charge in [0, 0.05) is 12.3 Å². The van der Waals surface area contributed by atoms with Crippen molar-refractivity contribution in [2.75, 3.05) is 5.43 Å². The molecule has 0 aliphatic carbocycles. The molecule has 2 aromatic rings. The van der Waals surface area contributed by atoms with Crippen LogP contribution in [-0.2, 0) is 10.0 Å². The number of nitro benzene ring substituents is 2. The van der Waals surface area contributed by atoms with Gasteiger partial charge in [0.25, 0.3) is 15.7 Å². The van der Waals surface area contributed by atoms with Gasteiger partial charge in [-0.25, -0.2) is 13.4 Å². The number of rotatable bonds is 6. The summed E-state index contributed by atoms with van der Waals surface area (Å²) in [6.45, 7) is 0. The smallest absolute Gasteiger partial charge is 0.300 e. The molecule has 0 fully saturated rings. The Morgan fingerprint density at radius 1 is 1.08 bits per heavy atom. The Balaban J connectivity index is 2.29. The van der Waals surface area contributed by atoms with Crippen LogP contribution in [-0.4, -0.2) is 23.2 Å². The molecule has 0 radical (unpaired) electrons. The topological polar surface area (TPSA) is 157 Å². The van der Waals surface area contributed by atoms with E-state index in [4.69, 9.17) is 23.2 Å². The van der Waals surface area contributed by atoms with E-state index in [1.54, 1.807) is 0 Å². The average Bonchev–Trinajstić information content (AvgIpc) is 2.55. The number of nitrogens with zero attached hydrogens (tertiary/aromatic N) is 3. The molecule has 0 saturated heterocycles. The summed E-state index contributed by atoms with van der Waals surface area (Å²) in [4.78, 5) is 25.1. The van der Waals surface area contributed by atoms with E-state index in [2.05, 4.69) is 10.4 Å².